The Morgan fingerprint density at radius 2 is 2.06 bits per heavy atom. The van der Waals surface area contributed by atoms with Gasteiger partial charge in [0.2, 0.25) is 0 Å². The zero-order valence-corrected chi connectivity index (χ0v) is 11.2. The van der Waals surface area contributed by atoms with Gasteiger partial charge in [0.15, 0.2) is 0 Å². The molecule has 0 aliphatic rings. The number of hydrogen-bond acceptors (Lipinski definition) is 3. The van der Waals surface area contributed by atoms with Crippen LogP contribution in [0.4, 0.5) is 5.69 Å². The molecule has 0 heterocycles. The van der Waals surface area contributed by atoms with Crippen LogP contribution in [0.2, 0.25) is 0 Å². The molecular formula is C14H23NO2. The number of benzene rings is 1. The molecule has 0 bridgehead atoms. The predicted molar refractivity (Wildman–Crippen MR) is 71.5 cm³/mol. The third-order valence-electron chi connectivity index (χ3n) is 3.34. The molecule has 1 aromatic rings. The van der Waals surface area contributed by atoms with Gasteiger partial charge in [-0.25, -0.2) is 0 Å². The minimum Gasteiger partial charge on any atom is -0.496 e. The lowest BCUT2D eigenvalue weighted by Gasteiger charge is -2.21. The van der Waals surface area contributed by atoms with Crippen molar-refractivity contribution in [3.05, 3.63) is 23.8 Å². The zero-order chi connectivity index (χ0) is 12.8. The van der Waals surface area contributed by atoms with Gasteiger partial charge in [-0.2, -0.15) is 0 Å². The molecule has 0 aromatic heterocycles. The predicted octanol–water partition coefficient (Wildman–Crippen LogP) is 3.03. The van der Waals surface area contributed by atoms with Gasteiger partial charge in [-0.05, 0) is 31.0 Å². The molecule has 17 heavy (non-hydrogen) atoms. The average molecular weight is 237 g/mol. The van der Waals surface area contributed by atoms with Gasteiger partial charge in [-0.3, -0.25) is 0 Å². The van der Waals surface area contributed by atoms with Crippen LogP contribution < -0.4 is 10.1 Å². The first kappa shape index (κ1) is 13.8. The Labute approximate surface area is 104 Å². The SMILES string of the molecule is CCC(C)C(C)Nc1ccc(OC)c(CO)c1. The number of aliphatic hydroxyl groups excluding tert-OH is 1. The maximum absolute atomic E-state index is 9.26. The van der Waals surface area contributed by atoms with Gasteiger partial charge in [0, 0.05) is 17.3 Å². The van der Waals surface area contributed by atoms with E-state index in [1.165, 1.54) is 0 Å². The first-order valence-electron chi connectivity index (χ1n) is 6.16. The molecule has 2 N–H and O–H groups in total. The van der Waals surface area contributed by atoms with Crippen LogP contribution in [0.25, 0.3) is 0 Å². The molecule has 0 aliphatic carbocycles. The molecule has 3 nitrogen and oxygen atoms in total. The van der Waals surface area contributed by atoms with Crippen LogP contribution in [0.15, 0.2) is 18.2 Å². The van der Waals surface area contributed by atoms with E-state index in [4.69, 9.17) is 4.74 Å². The number of methoxy groups -OCH3 is 1. The lowest BCUT2D eigenvalue weighted by molar-refractivity contribution is 0.274. The van der Waals surface area contributed by atoms with E-state index in [0.29, 0.717) is 12.0 Å². The van der Waals surface area contributed by atoms with Crippen molar-refractivity contribution in [1.82, 2.24) is 0 Å². The maximum Gasteiger partial charge on any atom is 0.124 e. The van der Waals surface area contributed by atoms with Crippen LogP contribution in [0.5, 0.6) is 5.75 Å². The molecule has 96 valence electrons. The Hall–Kier alpha value is -1.22. The Morgan fingerprint density at radius 3 is 2.59 bits per heavy atom. The Balaban J connectivity index is 2.78. The minimum absolute atomic E-state index is 0.00357. The number of anilines is 1. The third kappa shape index (κ3) is 3.63. The second kappa shape index (κ2) is 6.50. The van der Waals surface area contributed by atoms with Crippen LogP contribution in [-0.4, -0.2) is 18.3 Å². The molecule has 1 aromatic carbocycles. The molecule has 0 fully saturated rings. The normalized spacial score (nSPS) is 14.2. The fourth-order valence-corrected chi connectivity index (χ4v) is 1.75. The smallest absolute Gasteiger partial charge is 0.124 e. The summed E-state index contributed by atoms with van der Waals surface area (Å²) in [5, 5.41) is 12.7. The largest absolute Gasteiger partial charge is 0.496 e. The lowest BCUT2D eigenvalue weighted by Crippen LogP contribution is -2.23. The van der Waals surface area contributed by atoms with E-state index >= 15 is 0 Å². The number of aliphatic hydroxyl groups is 1. The summed E-state index contributed by atoms with van der Waals surface area (Å²) in [6.07, 6.45) is 1.15. The van der Waals surface area contributed by atoms with Crippen molar-refractivity contribution in [2.75, 3.05) is 12.4 Å². The van der Waals surface area contributed by atoms with Crippen molar-refractivity contribution < 1.29 is 9.84 Å². The van der Waals surface area contributed by atoms with Crippen LogP contribution in [0.3, 0.4) is 0 Å². The molecule has 3 heteroatoms. The molecule has 0 radical (unpaired) electrons. The Morgan fingerprint density at radius 1 is 1.35 bits per heavy atom. The van der Waals surface area contributed by atoms with E-state index in [2.05, 4.69) is 26.1 Å². The van der Waals surface area contributed by atoms with E-state index in [1.807, 2.05) is 18.2 Å². The summed E-state index contributed by atoms with van der Waals surface area (Å²) in [6.45, 7) is 6.59. The van der Waals surface area contributed by atoms with E-state index in [1.54, 1.807) is 7.11 Å². The summed E-state index contributed by atoms with van der Waals surface area (Å²) in [6, 6.07) is 6.23. The van der Waals surface area contributed by atoms with Gasteiger partial charge >= 0.3 is 0 Å². The lowest BCUT2D eigenvalue weighted by atomic mass is 10.0. The highest BCUT2D eigenvalue weighted by Crippen LogP contribution is 2.24. The number of hydrogen-bond donors (Lipinski definition) is 2. The van der Waals surface area contributed by atoms with Crippen LogP contribution in [0.1, 0.15) is 32.8 Å². The van der Waals surface area contributed by atoms with E-state index in [9.17, 15) is 5.11 Å². The molecule has 1 rings (SSSR count). The third-order valence-corrected chi connectivity index (χ3v) is 3.34. The van der Waals surface area contributed by atoms with Gasteiger partial charge in [-0.1, -0.05) is 20.3 Å². The second-order valence-corrected chi connectivity index (χ2v) is 4.50. The molecule has 0 amide bonds. The van der Waals surface area contributed by atoms with Crippen molar-refractivity contribution >= 4 is 5.69 Å². The van der Waals surface area contributed by atoms with Crippen LogP contribution in [-0.2, 0) is 6.61 Å². The summed E-state index contributed by atoms with van der Waals surface area (Å²) < 4.78 is 5.18. The maximum atomic E-state index is 9.26. The highest BCUT2D eigenvalue weighted by molar-refractivity contribution is 5.51. The topological polar surface area (TPSA) is 41.5 Å². The standard InChI is InChI=1S/C14H23NO2/c1-5-10(2)11(3)15-13-6-7-14(17-4)12(8-13)9-16/h6-8,10-11,15-16H,5,9H2,1-4H3. The van der Waals surface area contributed by atoms with Crippen molar-refractivity contribution in [2.45, 2.75) is 39.8 Å². The summed E-state index contributed by atoms with van der Waals surface area (Å²) in [5.41, 5.74) is 1.84. The molecule has 2 atom stereocenters. The highest BCUT2D eigenvalue weighted by atomic mass is 16.5. The van der Waals surface area contributed by atoms with Crippen molar-refractivity contribution in [2.24, 2.45) is 5.92 Å². The van der Waals surface area contributed by atoms with Crippen LogP contribution in [0, 0.1) is 5.92 Å². The highest BCUT2D eigenvalue weighted by Gasteiger charge is 2.10. The van der Waals surface area contributed by atoms with Gasteiger partial charge in [0.05, 0.1) is 13.7 Å². The number of nitrogens with one attached hydrogen (secondary N) is 1. The van der Waals surface area contributed by atoms with Crippen LogP contribution >= 0.6 is 0 Å². The number of ether oxygens (including phenoxy) is 1. The monoisotopic (exact) mass is 237 g/mol. The zero-order valence-electron chi connectivity index (χ0n) is 11.2. The quantitative estimate of drug-likeness (QED) is 0.799. The van der Waals surface area contributed by atoms with E-state index in [0.717, 1.165) is 23.4 Å². The molecular weight excluding hydrogens is 214 g/mol. The number of rotatable bonds is 6. The first-order valence-corrected chi connectivity index (χ1v) is 6.16. The fraction of sp³-hybridized carbons (Fsp3) is 0.571. The summed E-state index contributed by atoms with van der Waals surface area (Å²) >= 11 is 0. The van der Waals surface area contributed by atoms with E-state index in [-0.39, 0.29) is 6.61 Å². The van der Waals surface area contributed by atoms with E-state index < -0.39 is 0 Å². The Kier molecular flexibility index (Phi) is 5.29. The molecule has 0 spiro atoms. The molecule has 0 aliphatic heterocycles. The van der Waals surface area contributed by atoms with Gasteiger partial charge in [0.1, 0.15) is 5.75 Å². The molecule has 0 saturated carbocycles. The minimum atomic E-state index is -0.00357. The van der Waals surface area contributed by atoms with Crippen molar-refractivity contribution in [3.8, 4) is 5.75 Å². The first-order chi connectivity index (χ1) is 8.12. The van der Waals surface area contributed by atoms with Gasteiger partial charge in [0.25, 0.3) is 0 Å². The second-order valence-electron chi connectivity index (χ2n) is 4.50. The van der Waals surface area contributed by atoms with Crippen molar-refractivity contribution in [1.29, 1.82) is 0 Å². The van der Waals surface area contributed by atoms with Gasteiger partial charge < -0.3 is 15.2 Å². The Bertz CT molecular complexity index is 352. The molecule has 0 saturated heterocycles. The summed E-state index contributed by atoms with van der Waals surface area (Å²) in [4.78, 5) is 0. The molecule has 2 unspecified atom stereocenters. The summed E-state index contributed by atoms with van der Waals surface area (Å²) in [5.74, 6) is 1.35. The fourth-order valence-electron chi connectivity index (χ4n) is 1.75. The van der Waals surface area contributed by atoms with Gasteiger partial charge in [-0.15, -0.1) is 0 Å². The summed E-state index contributed by atoms with van der Waals surface area (Å²) in [7, 11) is 1.61. The van der Waals surface area contributed by atoms with Crippen molar-refractivity contribution in [3.63, 3.8) is 0 Å². The average Bonchev–Trinajstić information content (AvgIpc) is 2.37.